The van der Waals surface area contributed by atoms with Crippen LogP contribution >= 0.6 is 0 Å². The fraction of sp³-hybridized carbons (Fsp3) is 0.912. The number of ether oxygens (including phenoxy) is 2. The van der Waals surface area contributed by atoms with Gasteiger partial charge in [0.05, 0.1) is 25.4 Å². The van der Waals surface area contributed by atoms with Crippen LogP contribution in [-0.2, 0) is 14.3 Å². The Labute approximate surface area is 407 Å². The summed E-state index contributed by atoms with van der Waals surface area (Å²) in [5.74, 6) is -0.183. The van der Waals surface area contributed by atoms with Crippen LogP contribution in [0.25, 0.3) is 0 Å². The molecule has 9 heteroatoms. The van der Waals surface area contributed by atoms with Crippen molar-refractivity contribution in [3.05, 3.63) is 24.3 Å². The molecule has 1 amide bonds. The first-order valence-corrected chi connectivity index (χ1v) is 28.6. The second-order valence-electron chi connectivity index (χ2n) is 20.1. The summed E-state index contributed by atoms with van der Waals surface area (Å²) in [5.41, 5.74) is 0. The molecule has 0 bridgehead atoms. The zero-order chi connectivity index (χ0) is 48.0. The molecule has 0 aromatic heterocycles. The highest BCUT2D eigenvalue weighted by Crippen LogP contribution is 2.23. The molecular formula is C57H109NO8. The Morgan fingerprint density at radius 3 is 1.27 bits per heavy atom. The van der Waals surface area contributed by atoms with Crippen LogP contribution in [0.5, 0.6) is 0 Å². The molecule has 390 valence electrons. The minimum Gasteiger partial charge on any atom is -0.394 e. The van der Waals surface area contributed by atoms with Crippen LogP contribution in [0.3, 0.4) is 0 Å². The molecule has 1 fully saturated rings. The fourth-order valence-corrected chi connectivity index (χ4v) is 9.23. The Kier molecular flexibility index (Phi) is 45.0. The maximum Gasteiger partial charge on any atom is 0.220 e. The molecule has 1 rings (SSSR count). The number of carbonyl (C=O) groups excluding carboxylic acids is 1. The molecule has 1 heterocycles. The molecule has 0 saturated carbocycles. The van der Waals surface area contributed by atoms with Crippen LogP contribution in [0.4, 0.5) is 0 Å². The summed E-state index contributed by atoms with van der Waals surface area (Å²) in [6.07, 6.45) is 52.5. The van der Waals surface area contributed by atoms with Crippen molar-refractivity contribution < 1.29 is 39.8 Å². The molecule has 1 aliphatic heterocycles. The van der Waals surface area contributed by atoms with Crippen LogP contribution in [0, 0.1) is 0 Å². The number of hydrogen-bond donors (Lipinski definition) is 6. The molecule has 7 atom stereocenters. The van der Waals surface area contributed by atoms with Gasteiger partial charge in [0, 0.05) is 6.42 Å². The molecule has 6 N–H and O–H groups in total. The quantitative estimate of drug-likeness (QED) is 0.0261. The summed E-state index contributed by atoms with van der Waals surface area (Å²) in [6.45, 7) is 3.79. The summed E-state index contributed by atoms with van der Waals surface area (Å²) >= 11 is 0. The first-order valence-electron chi connectivity index (χ1n) is 28.6. The maximum atomic E-state index is 13.0. The van der Waals surface area contributed by atoms with Gasteiger partial charge in [-0.15, -0.1) is 0 Å². The van der Waals surface area contributed by atoms with Crippen molar-refractivity contribution in [1.29, 1.82) is 0 Å². The lowest BCUT2D eigenvalue weighted by atomic mass is 9.99. The summed E-state index contributed by atoms with van der Waals surface area (Å²) in [4.78, 5) is 13.0. The van der Waals surface area contributed by atoms with Gasteiger partial charge in [-0.25, -0.2) is 0 Å². The Bertz CT molecular complexity index is 1090. The Hall–Kier alpha value is -1.33. The number of amides is 1. The molecule has 0 aliphatic carbocycles. The van der Waals surface area contributed by atoms with Gasteiger partial charge in [-0.2, -0.15) is 0 Å². The average Bonchev–Trinajstić information content (AvgIpc) is 3.32. The van der Waals surface area contributed by atoms with Gasteiger partial charge in [0.2, 0.25) is 5.91 Å². The molecule has 0 aromatic rings. The summed E-state index contributed by atoms with van der Waals surface area (Å²) in [6, 6.07) is -0.818. The van der Waals surface area contributed by atoms with Gasteiger partial charge < -0.3 is 40.3 Å². The number of rotatable bonds is 49. The third-order valence-corrected chi connectivity index (χ3v) is 13.8. The first kappa shape index (κ1) is 62.7. The van der Waals surface area contributed by atoms with E-state index in [1.54, 1.807) is 6.08 Å². The molecule has 1 saturated heterocycles. The van der Waals surface area contributed by atoms with Crippen LogP contribution in [0.2, 0.25) is 0 Å². The second-order valence-corrected chi connectivity index (χ2v) is 20.1. The molecule has 0 spiro atoms. The van der Waals surface area contributed by atoms with Crippen molar-refractivity contribution in [3.63, 3.8) is 0 Å². The Morgan fingerprint density at radius 1 is 0.500 bits per heavy atom. The van der Waals surface area contributed by atoms with Gasteiger partial charge in [0.15, 0.2) is 6.29 Å². The summed E-state index contributed by atoms with van der Waals surface area (Å²) in [5, 5.41) is 54.4. The van der Waals surface area contributed by atoms with Crippen molar-refractivity contribution in [1.82, 2.24) is 5.32 Å². The van der Waals surface area contributed by atoms with Gasteiger partial charge in [-0.05, 0) is 32.1 Å². The monoisotopic (exact) mass is 936 g/mol. The number of carbonyl (C=O) groups is 1. The van der Waals surface area contributed by atoms with E-state index in [1.165, 1.54) is 218 Å². The van der Waals surface area contributed by atoms with Gasteiger partial charge in [0.25, 0.3) is 0 Å². The number of unbranched alkanes of at least 4 members (excludes halogenated alkanes) is 37. The molecular weight excluding hydrogens is 827 g/mol. The fourth-order valence-electron chi connectivity index (χ4n) is 9.23. The third kappa shape index (κ3) is 36.6. The van der Waals surface area contributed by atoms with E-state index in [0.717, 1.165) is 38.5 Å². The largest absolute Gasteiger partial charge is 0.394 e. The van der Waals surface area contributed by atoms with Crippen LogP contribution < -0.4 is 5.32 Å². The van der Waals surface area contributed by atoms with Gasteiger partial charge in [-0.3, -0.25) is 4.79 Å². The minimum absolute atomic E-state index is 0.183. The van der Waals surface area contributed by atoms with E-state index in [9.17, 15) is 30.3 Å². The van der Waals surface area contributed by atoms with Gasteiger partial charge in [0.1, 0.15) is 24.4 Å². The van der Waals surface area contributed by atoms with E-state index in [0.29, 0.717) is 6.42 Å². The van der Waals surface area contributed by atoms with Crippen molar-refractivity contribution in [2.45, 2.75) is 320 Å². The highest BCUT2D eigenvalue weighted by atomic mass is 16.7. The molecule has 9 nitrogen and oxygen atoms in total. The Morgan fingerprint density at radius 2 is 0.864 bits per heavy atom. The lowest BCUT2D eigenvalue weighted by Crippen LogP contribution is -2.60. The smallest absolute Gasteiger partial charge is 0.220 e. The SMILES string of the molecule is CCCCCCCCCCCCCCCCCCCCCCCC/C=C/CC/C=C/C(O)C(COC1OC(CO)C(O)C(O)C1O)NC(=O)CCCCCCCCCCCCCCCCC. The van der Waals surface area contributed by atoms with Gasteiger partial charge >= 0.3 is 0 Å². The molecule has 7 unspecified atom stereocenters. The minimum atomic E-state index is -1.57. The molecule has 0 aromatic carbocycles. The van der Waals surface area contributed by atoms with Crippen LogP contribution in [-0.4, -0.2) is 87.5 Å². The standard InChI is InChI=1S/C57H109NO8/c1-3-5-7-9-11-13-15-17-19-20-21-22-23-24-25-26-27-28-29-30-31-33-34-36-38-40-42-44-46-51(60)50(49-65-57-56(64)55(63)54(62)52(48-59)66-57)58-53(61)47-45-43-41-39-37-35-32-18-16-14-12-10-8-6-4-2/h36,38,44,46,50-52,54-57,59-60,62-64H,3-35,37,39-43,45,47-49H2,1-2H3,(H,58,61)/b38-36+,46-44+. The van der Waals surface area contributed by atoms with E-state index < -0.39 is 49.5 Å². The van der Waals surface area contributed by atoms with E-state index >= 15 is 0 Å². The van der Waals surface area contributed by atoms with E-state index in [1.807, 2.05) is 6.08 Å². The highest BCUT2D eigenvalue weighted by Gasteiger charge is 2.44. The van der Waals surface area contributed by atoms with Gasteiger partial charge in [-0.1, -0.05) is 263 Å². The Balaban J connectivity index is 2.22. The molecule has 1 aliphatic rings. The third-order valence-electron chi connectivity index (χ3n) is 13.8. The normalized spacial score (nSPS) is 19.9. The van der Waals surface area contributed by atoms with Crippen molar-refractivity contribution in [3.8, 4) is 0 Å². The van der Waals surface area contributed by atoms with Crippen LogP contribution in [0.1, 0.15) is 277 Å². The van der Waals surface area contributed by atoms with Crippen LogP contribution in [0.15, 0.2) is 24.3 Å². The number of hydrogen-bond acceptors (Lipinski definition) is 8. The summed E-state index contributed by atoms with van der Waals surface area (Å²) in [7, 11) is 0. The highest BCUT2D eigenvalue weighted by molar-refractivity contribution is 5.76. The number of nitrogens with one attached hydrogen (secondary N) is 1. The van der Waals surface area contributed by atoms with Crippen molar-refractivity contribution in [2.24, 2.45) is 0 Å². The number of allylic oxidation sites excluding steroid dienone is 3. The molecule has 0 radical (unpaired) electrons. The number of aliphatic hydroxyl groups is 5. The number of aliphatic hydroxyl groups excluding tert-OH is 5. The lowest BCUT2D eigenvalue weighted by molar-refractivity contribution is -0.302. The lowest BCUT2D eigenvalue weighted by Gasteiger charge is -2.40. The van der Waals surface area contributed by atoms with E-state index in [2.05, 4.69) is 31.3 Å². The van der Waals surface area contributed by atoms with E-state index in [-0.39, 0.29) is 12.5 Å². The maximum absolute atomic E-state index is 13.0. The predicted octanol–water partition coefficient (Wildman–Crippen LogP) is 13.8. The van der Waals surface area contributed by atoms with Crippen molar-refractivity contribution in [2.75, 3.05) is 13.2 Å². The van der Waals surface area contributed by atoms with E-state index in [4.69, 9.17) is 9.47 Å². The summed E-state index contributed by atoms with van der Waals surface area (Å²) < 4.78 is 11.2. The van der Waals surface area contributed by atoms with Crippen molar-refractivity contribution >= 4 is 5.91 Å². The zero-order valence-corrected chi connectivity index (χ0v) is 43.2. The molecule has 66 heavy (non-hydrogen) atoms. The average molecular weight is 936 g/mol. The zero-order valence-electron chi connectivity index (χ0n) is 43.2. The first-order chi connectivity index (χ1) is 32.3. The predicted molar refractivity (Wildman–Crippen MR) is 277 cm³/mol. The second kappa shape index (κ2) is 47.4. The topological polar surface area (TPSA) is 149 Å².